The second-order valence-electron chi connectivity index (χ2n) is 12.5. The van der Waals surface area contributed by atoms with Crippen molar-refractivity contribution < 1.29 is 45.5 Å². The summed E-state index contributed by atoms with van der Waals surface area (Å²) in [5, 5.41) is 0. The van der Waals surface area contributed by atoms with E-state index >= 15 is 0 Å². The molecule has 0 N–H and O–H groups in total. The molecule has 0 aromatic heterocycles. The Labute approximate surface area is 263 Å². The minimum atomic E-state index is -4.99. The molecule has 0 spiro atoms. The summed E-state index contributed by atoms with van der Waals surface area (Å²) in [6.07, 6.45) is -7.96. The van der Waals surface area contributed by atoms with Crippen LogP contribution in [0.4, 0.5) is 31.1 Å². The summed E-state index contributed by atoms with van der Waals surface area (Å²) in [6.45, 7) is 2.84. The summed E-state index contributed by atoms with van der Waals surface area (Å²) in [4.78, 5) is 44.6. The van der Waals surface area contributed by atoms with Crippen molar-refractivity contribution >= 4 is 17.9 Å². The lowest BCUT2D eigenvalue weighted by Gasteiger charge is -2.42. The molecule has 2 aliphatic heterocycles. The molecule has 2 unspecified atom stereocenters. The number of hydrogen-bond acceptors (Lipinski definition) is 4. The second kappa shape index (κ2) is 13.2. The molecule has 2 atom stereocenters. The number of alkyl halides is 6. The van der Waals surface area contributed by atoms with Crippen molar-refractivity contribution in [3.8, 4) is 0 Å². The fourth-order valence-corrected chi connectivity index (χ4v) is 6.76. The van der Waals surface area contributed by atoms with Gasteiger partial charge in [0.1, 0.15) is 0 Å². The highest BCUT2D eigenvalue weighted by Crippen LogP contribution is 2.41. The average Bonchev–Trinajstić information content (AvgIpc) is 3.87. The first-order chi connectivity index (χ1) is 21.7. The number of amides is 3. The number of ether oxygens (including phenoxy) is 1. The highest BCUT2D eigenvalue weighted by atomic mass is 19.4. The number of likely N-dealkylation sites (tertiary alicyclic amines) is 2. The Hall–Kier alpha value is -3.77. The van der Waals surface area contributed by atoms with Gasteiger partial charge in [0, 0.05) is 56.5 Å². The zero-order valence-electron chi connectivity index (χ0n) is 25.7. The van der Waals surface area contributed by atoms with Crippen LogP contribution in [0.25, 0.3) is 0 Å². The van der Waals surface area contributed by atoms with Crippen molar-refractivity contribution in [2.75, 3.05) is 33.3 Å². The van der Waals surface area contributed by atoms with Crippen molar-refractivity contribution in [2.24, 2.45) is 11.8 Å². The van der Waals surface area contributed by atoms with Crippen LogP contribution in [-0.2, 0) is 33.2 Å². The molecule has 2 saturated heterocycles. The Morgan fingerprint density at radius 3 is 1.98 bits per heavy atom. The van der Waals surface area contributed by atoms with E-state index < -0.39 is 41.4 Å². The van der Waals surface area contributed by atoms with E-state index in [0.29, 0.717) is 57.3 Å². The number of piperidine rings is 2. The molecular weight excluding hydrogens is 616 g/mol. The molecule has 0 bridgehead atoms. The number of nitrogens with zero attached hydrogens (tertiary/aromatic N) is 3. The molecule has 1 saturated carbocycles. The van der Waals surface area contributed by atoms with Gasteiger partial charge in [-0.25, -0.2) is 4.79 Å². The number of rotatable bonds is 6. The van der Waals surface area contributed by atoms with Gasteiger partial charge in [-0.3, -0.25) is 9.59 Å². The monoisotopic (exact) mass is 653 g/mol. The summed E-state index contributed by atoms with van der Waals surface area (Å²) in [5.41, 5.74) is -1.28. The van der Waals surface area contributed by atoms with Crippen molar-refractivity contribution in [2.45, 2.75) is 69.9 Å². The Balaban J connectivity index is 1.39. The molecular formula is C33H37F6N3O4. The van der Waals surface area contributed by atoms with Crippen LogP contribution >= 0.6 is 0 Å². The van der Waals surface area contributed by atoms with E-state index in [1.165, 1.54) is 12.0 Å². The molecule has 2 heterocycles. The summed E-state index contributed by atoms with van der Waals surface area (Å²) >= 11 is 0. The molecule has 5 rings (SSSR count). The Morgan fingerprint density at radius 1 is 0.848 bits per heavy atom. The van der Waals surface area contributed by atoms with E-state index in [0.717, 1.165) is 11.1 Å². The van der Waals surface area contributed by atoms with Gasteiger partial charge in [0.15, 0.2) is 0 Å². The van der Waals surface area contributed by atoms with Crippen LogP contribution < -0.4 is 0 Å². The smallest absolute Gasteiger partial charge is 0.416 e. The van der Waals surface area contributed by atoms with E-state index in [4.69, 9.17) is 4.74 Å². The second-order valence-corrected chi connectivity index (χ2v) is 12.5. The molecule has 7 nitrogen and oxygen atoms in total. The maximum atomic E-state index is 14.3. The fourth-order valence-electron chi connectivity index (χ4n) is 6.76. The number of carbonyl (C=O) groups excluding carboxylic acids is 3. The van der Waals surface area contributed by atoms with Gasteiger partial charge in [-0.2, -0.15) is 26.3 Å². The van der Waals surface area contributed by atoms with Crippen LogP contribution in [0.2, 0.25) is 0 Å². The molecule has 2 aromatic rings. The van der Waals surface area contributed by atoms with Crippen molar-refractivity contribution in [3.05, 3.63) is 70.3 Å². The minimum Gasteiger partial charge on any atom is -0.453 e. The Bertz CT molecular complexity index is 1420. The largest absolute Gasteiger partial charge is 0.453 e. The summed E-state index contributed by atoms with van der Waals surface area (Å²) < 4.78 is 86.2. The molecule has 3 amide bonds. The Kier molecular flexibility index (Phi) is 9.60. The Morgan fingerprint density at radius 2 is 1.43 bits per heavy atom. The van der Waals surface area contributed by atoms with Crippen LogP contribution in [0.15, 0.2) is 42.5 Å². The molecule has 3 fully saturated rings. The topological polar surface area (TPSA) is 70.2 Å². The van der Waals surface area contributed by atoms with E-state index in [1.54, 1.807) is 9.80 Å². The van der Waals surface area contributed by atoms with Gasteiger partial charge in [0.2, 0.25) is 11.8 Å². The highest BCUT2D eigenvalue weighted by Gasteiger charge is 2.44. The van der Waals surface area contributed by atoms with Crippen LogP contribution in [0.1, 0.15) is 65.8 Å². The van der Waals surface area contributed by atoms with Crippen molar-refractivity contribution in [1.29, 1.82) is 0 Å². The first-order valence-electron chi connectivity index (χ1n) is 15.4. The predicted molar refractivity (Wildman–Crippen MR) is 155 cm³/mol. The van der Waals surface area contributed by atoms with E-state index in [1.807, 2.05) is 31.2 Å². The molecule has 46 heavy (non-hydrogen) atoms. The average molecular weight is 654 g/mol. The third-order valence-corrected chi connectivity index (χ3v) is 9.38. The normalized spacial score (nSPS) is 21.2. The predicted octanol–water partition coefficient (Wildman–Crippen LogP) is 6.63. The lowest BCUT2D eigenvalue weighted by molar-refractivity contribution is -0.145. The third kappa shape index (κ3) is 7.44. The maximum Gasteiger partial charge on any atom is 0.416 e. The summed E-state index contributed by atoms with van der Waals surface area (Å²) in [6, 6.07) is 8.67. The van der Waals surface area contributed by atoms with Gasteiger partial charge in [0.05, 0.1) is 18.2 Å². The zero-order chi connectivity index (χ0) is 33.4. The summed E-state index contributed by atoms with van der Waals surface area (Å²) in [5.74, 6) is -1.73. The lowest BCUT2D eigenvalue weighted by atomic mass is 9.77. The van der Waals surface area contributed by atoms with Crippen molar-refractivity contribution in [3.63, 3.8) is 0 Å². The third-order valence-electron chi connectivity index (χ3n) is 9.38. The quantitative estimate of drug-likeness (QED) is 0.328. The number of halogens is 6. The van der Waals surface area contributed by atoms with Crippen LogP contribution in [-0.4, -0.2) is 71.9 Å². The standard InChI is InChI=1S/C33H37F6N3O4/c1-20-5-3-4-6-26(20)28-19-41(29(43)22-9-12-40(13-10-22)31(45)46-2)14-11-27(28)30(44)42(25-7-8-25)18-21-15-23(32(34,35)36)17-24(16-21)33(37,38)39/h3-6,15-17,22,25,27-28H,7-14,18-19H2,1-2H3. The molecule has 1 aliphatic carbocycles. The first-order valence-corrected chi connectivity index (χ1v) is 15.4. The number of carbonyl (C=O) groups is 3. The van der Waals surface area contributed by atoms with Gasteiger partial charge in [-0.15, -0.1) is 0 Å². The van der Waals surface area contributed by atoms with Crippen LogP contribution in [0.5, 0.6) is 0 Å². The van der Waals surface area contributed by atoms with Gasteiger partial charge in [-0.1, -0.05) is 24.3 Å². The number of benzene rings is 2. The lowest BCUT2D eigenvalue weighted by Crippen LogP contribution is -2.51. The highest BCUT2D eigenvalue weighted by molar-refractivity contribution is 5.83. The minimum absolute atomic E-state index is 0.0586. The SMILES string of the molecule is COC(=O)N1CCC(C(=O)N2CCC(C(=O)N(Cc3cc(C(F)(F)F)cc(C(F)(F)F)c3)C3CC3)C(c3ccccc3C)C2)CC1. The number of hydrogen-bond donors (Lipinski definition) is 0. The fraction of sp³-hybridized carbons (Fsp3) is 0.545. The van der Waals surface area contributed by atoms with Crippen molar-refractivity contribution in [1.82, 2.24) is 14.7 Å². The van der Waals surface area contributed by atoms with Gasteiger partial charge >= 0.3 is 18.4 Å². The number of aryl methyl sites for hydroxylation is 1. The molecule has 3 aliphatic rings. The van der Waals surface area contributed by atoms with Gasteiger partial charge in [0.25, 0.3) is 0 Å². The van der Waals surface area contributed by atoms with Gasteiger partial charge < -0.3 is 19.4 Å². The van der Waals surface area contributed by atoms with E-state index in [2.05, 4.69) is 0 Å². The summed E-state index contributed by atoms with van der Waals surface area (Å²) in [7, 11) is 1.31. The van der Waals surface area contributed by atoms with Crippen LogP contribution in [0, 0.1) is 18.8 Å². The van der Waals surface area contributed by atoms with E-state index in [-0.39, 0.29) is 55.0 Å². The number of methoxy groups -OCH3 is 1. The zero-order valence-corrected chi connectivity index (χ0v) is 25.7. The van der Waals surface area contributed by atoms with E-state index in [9.17, 15) is 40.7 Å². The van der Waals surface area contributed by atoms with Gasteiger partial charge in [-0.05, 0) is 73.9 Å². The first kappa shape index (κ1) is 33.6. The molecule has 13 heteroatoms. The maximum absolute atomic E-state index is 14.3. The molecule has 2 aromatic carbocycles. The van der Waals surface area contributed by atoms with Crippen LogP contribution in [0.3, 0.4) is 0 Å². The molecule has 0 radical (unpaired) electrons. The molecule has 250 valence electrons.